The van der Waals surface area contributed by atoms with E-state index in [1.54, 1.807) is 6.20 Å². The zero-order valence-corrected chi connectivity index (χ0v) is 34.7. The van der Waals surface area contributed by atoms with Crippen LogP contribution in [0.15, 0.2) is 231 Å². The second kappa shape index (κ2) is 15.3. The van der Waals surface area contributed by atoms with Crippen LogP contribution in [0, 0.1) is 11.3 Å². The summed E-state index contributed by atoms with van der Waals surface area (Å²) in [6.45, 7) is 0. The van der Waals surface area contributed by atoms with Crippen LogP contribution >= 0.6 is 0 Å². The van der Waals surface area contributed by atoms with E-state index < -0.39 is 0 Å². The average molecular weight is 815 g/mol. The van der Waals surface area contributed by atoms with E-state index in [0.29, 0.717) is 5.56 Å². The minimum atomic E-state index is 0.565. The topological polar surface area (TPSA) is 46.5 Å². The van der Waals surface area contributed by atoms with Gasteiger partial charge in [-0.2, -0.15) is 5.26 Å². The second-order valence-electron chi connectivity index (χ2n) is 16.3. The Balaban J connectivity index is 1.23. The normalized spacial score (nSPS) is 11.4. The van der Waals surface area contributed by atoms with E-state index in [-0.39, 0.29) is 0 Å². The summed E-state index contributed by atoms with van der Waals surface area (Å²) >= 11 is 0. The summed E-state index contributed by atoms with van der Waals surface area (Å²) in [6.07, 6.45) is 3.72. The molecular formula is C60H38N4. The van der Waals surface area contributed by atoms with E-state index in [4.69, 9.17) is 0 Å². The lowest BCUT2D eigenvalue weighted by molar-refractivity contribution is 1.12. The van der Waals surface area contributed by atoms with Crippen LogP contribution < -0.4 is 0 Å². The predicted octanol–water partition coefficient (Wildman–Crippen LogP) is 15.5. The van der Waals surface area contributed by atoms with E-state index in [1.807, 2.05) is 12.3 Å². The van der Waals surface area contributed by atoms with Gasteiger partial charge in [0.1, 0.15) is 11.6 Å². The fourth-order valence-electron chi connectivity index (χ4n) is 9.58. The molecule has 4 nitrogen and oxygen atoms in total. The number of nitriles is 1. The summed E-state index contributed by atoms with van der Waals surface area (Å²) < 4.78 is 4.65. The summed E-state index contributed by atoms with van der Waals surface area (Å²) in [5.74, 6) is 0. The van der Waals surface area contributed by atoms with Crippen molar-refractivity contribution in [1.82, 2.24) is 14.1 Å². The Bertz CT molecular complexity index is 3340. The molecule has 0 saturated heterocycles. The van der Waals surface area contributed by atoms with Crippen molar-refractivity contribution in [3.8, 4) is 73.1 Å². The molecule has 0 radical (unpaired) electrons. The largest absolute Gasteiger partial charge is 0.308 e. The summed E-state index contributed by atoms with van der Waals surface area (Å²) in [6, 6.07) is 80.2. The Morgan fingerprint density at radius 3 is 0.938 bits per heavy atom. The number of rotatable bonds is 7. The van der Waals surface area contributed by atoms with Crippen LogP contribution in [0.2, 0.25) is 0 Å². The number of hydrogen-bond donors (Lipinski definition) is 0. The molecule has 0 aliphatic heterocycles. The standard InChI is InChI=1S/C60H38N4/c61-38-54-59(63-55-32-44(40-14-5-1-6-15-40)23-27-50(55)51-28-24-45(33-56(51)63)41-16-7-2-8-17-41)36-49(48-22-13-31-62-39-48)37-60(54)64-57-34-46(42-18-9-3-10-19-42)25-29-52(57)53-30-26-47(35-58(53)64)43-20-11-4-12-21-43/h1-37,39H. The van der Waals surface area contributed by atoms with E-state index in [1.165, 1.54) is 0 Å². The Hall–Kier alpha value is -8.78. The van der Waals surface area contributed by atoms with Gasteiger partial charge < -0.3 is 9.13 Å². The second-order valence-corrected chi connectivity index (χ2v) is 16.3. The molecule has 0 spiro atoms. The number of benzene rings is 9. The van der Waals surface area contributed by atoms with Gasteiger partial charge in [0, 0.05) is 39.5 Å². The number of nitrogens with zero attached hydrogens (tertiary/aromatic N) is 4. The first-order chi connectivity index (χ1) is 31.7. The van der Waals surface area contributed by atoms with Crippen molar-refractivity contribution in [2.45, 2.75) is 0 Å². The molecule has 0 saturated carbocycles. The third-order valence-corrected chi connectivity index (χ3v) is 12.6. The zero-order chi connectivity index (χ0) is 42.6. The third-order valence-electron chi connectivity index (χ3n) is 12.6. The van der Waals surface area contributed by atoms with Crippen LogP contribution in [-0.4, -0.2) is 14.1 Å². The smallest absolute Gasteiger partial charge is 0.104 e. The van der Waals surface area contributed by atoms with E-state index in [0.717, 1.165) is 111 Å². The van der Waals surface area contributed by atoms with Crippen LogP contribution in [-0.2, 0) is 0 Å². The highest BCUT2D eigenvalue weighted by Gasteiger charge is 2.24. The molecule has 12 aromatic rings. The maximum absolute atomic E-state index is 11.8. The predicted molar refractivity (Wildman–Crippen MR) is 265 cm³/mol. The van der Waals surface area contributed by atoms with Gasteiger partial charge in [-0.3, -0.25) is 4.98 Å². The number of fused-ring (bicyclic) bond motifs is 6. The van der Waals surface area contributed by atoms with Gasteiger partial charge in [0.05, 0.1) is 33.4 Å². The minimum Gasteiger partial charge on any atom is -0.308 e. The highest BCUT2D eigenvalue weighted by molar-refractivity contribution is 6.13. The lowest BCUT2D eigenvalue weighted by atomic mass is 10.0. The molecule has 0 N–H and O–H groups in total. The van der Waals surface area contributed by atoms with E-state index >= 15 is 0 Å². The summed E-state index contributed by atoms with van der Waals surface area (Å²) in [5.41, 5.74) is 17.1. The Labute approximate surface area is 370 Å². The van der Waals surface area contributed by atoms with Crippen molar-refractivity contribution >= 4 is 43.6 Å². The van der Waals surface area contributed by atoms with E-state index in [2.05, 4.69) is 233 Å². The molecule has 0 fully saturated rings. The van der Waals surface area contributed by atoms with Crippen LogP contribution in [0.3, 0.4) is 0 Å². The molecule has 0 amide bonds. The molecule has 4 heteroatoms. The van der Waals surface area contributed by atoms with Crippen molar-refractivity contribution in [3.05, 3.63) is 236 Å². The fourth-order valence-corrected chi connectivity index (χ4v) is 9.58. The van der Waals surface area contributed by atoms with Gasteiger partial charge >= 0.3 is 0 Å². The van der Waals surface area contributed by atoms with Crippen molar-refractivity contribution in [3.63, 3.8) is 0 Å². The molecule has 0 aliphatic rings. The maximum atomic E-state index is 11.8. The monoisotopic (exact) mass is 814 g/mol. The Kier molecular flexibility index (Phi) is 8.84. The lowest BCUT2D eigenvalue weighted by Crippen LogP contribution is -2.05. The van der Waals surface area contributed by atoms with Crippen molar-refractivity contribution in [2.75, 3.05) is 0 Å². The molecule has 298 valence electrons. The molecule has 12 rings (SSSR count). The average Bonchev–Trinajstić information content (AvgIpc) is 3.88. The van der Waals surface area contributed by atoms with Crippen molar-refractivity contribution < 1.29 is 0 Å². The molecule has 0 atom stereocenters. The Morgan fingerprint density at radius 1 is 0.312 bits per heavy atom. The van der Waals surface area contributed by atoms with Crippen LogP contribution in [0.4, 0.5) is 0 Å². The molecule has 9 aromatic carbocycles. The molecule has 0 bridgehead atoms. The van der Waals surface area contributed by atoms with Gasteiger partial charge in [0.2, 0.25) is 0 Å². The fraction of sp³-hybridized carbons (Fsp3) is 0. The quantitative estimate of drug-likeness (QED) is 0.161. The molecule has 0 unspecified atom stereocenters. The minimum absolute atomic E-state index is 0.565. The molecule has 3 heterocycles. The molecule has 0 aliphatic carbocycles. The van der Waals surface area contributed by atoms with Crippen molar-refractivity contribution in [2.24, 2.45) is 0 Å². The first kappa shape index (κ1) is 37.0. The summed E-state index contributed by atoms with van der Waals surface area (Å²) in [5, 5.41) is 16.2. The first-order valence-electron chi connectivity index (χ1n) is 21.6. The van der Waals surface area contributed by atoms with Gasteiger partial charge in [-0.05, 0) is 92.5 Å². The van der Waals surface area contributed by atoms with Gasteiger partial charge in [-0.15, -0.1) is 0 Å². The van der Waals surface area contributed by atoms with Crippen LogP contribution in [0.1, 0.15) is 5.56 Å². The maximum Gasteiger partial charge on any atom is 0.104 e. The van der Waals surface area contributed by atoms with Gasteiger partial charge in [0.15, 0.2) is 0 Å². The molecule has 64 heavy (non-hydrogen) atoms. The SMILES string of the molecule is N#Cc1c(-n2c3cc(-c4ccccc4)ccc3c3ccc(-c4ccccc4)cc32)cc(-c2cccnc2)cc1-n1c2cc(-c3ccccc3)ccc2c2ccc(-c3ccccc3)cc21. The molecular weight excluding hydrogens is 777 g/mol. The summed E-state index contributed by atoms with van der Waals surface area (Å²) in [4.78, 5) is 4.59. The zero-order valence-electron chi connectivity index (χ0n) is 34.7. The number of hydrogen-bond acceptors (Lipinski definition) is 2. The highest BCUT2D eigenvalue weighted by Crippen LogP contribution is 2.43. The van der Waals surface area contributed by atoms with Gasteiger partial charge in [-0.1, -0.05) is 176 Å². The van der Waals surface area contributed by atoms with Gasteiger partial charge in [0.25, 0.3) is 0 Å². The third kappa shape index (κ3) is 6.18. The van der Waals surface area contributed by atoms with Gasteiger partial charge in [-0.25, -0.2) is 0 Å². The highest BCUT2D eigenvalue weighted by atomic mass is 15.0. The van der Waals surface area contributed by atoms with Crippen LogP contribution in [0.25, 0.3) is 111 Å². The summed E-state index contributed by atoms with van der Waals surface area (Å²) in [7, 11) is 0. The lowest BCUT2D eigenvalue weighted by Gasteiger charge is -2.19. The van der Waals surface area contributed by atoms with Crippen LogP contribution in [0.5, 0.6) is 0 Å². The van der Waals surface area contributed by atoms with E-state index in [9.17, 15) is 5.26 Å². The number of pyridine rings is 1. The Morgan fingerprint density at radius 2 is 0.641 bits per heavy atom. The van der Waals surface area contributed by atoms with Crippen molar-refractivity contribution in [1.29, 1.82) is 5.26 Å². The first-order valence-corrected chi connectivity index (χ1v) is 21.6. The number of aromatic nitrogens is 3. The molecule has 3 aromatic heterocycles.